The van der Waals surface area contributed by atoms with Crippen LogP contribution in [0.1, 0.15) is 16.8 Å². The summed E-state index contributed by atoms with van der Waals surface area (Å²) in [5.41, 5.74) is 2.27. The third-order valence-electron chi connectivity index (χ3n) is 5.54. The molecule has 0 fully saturated rings. The number of carbonyl (C=O) groups is 1. The SMILES string of the molecule is O=C(Cc1ccc(-n2c3c(c4ccccc4c2=O)CNC3)nc1)CS(=O)(=O)c1ccc(F)s1. The van der Waals surface area contributed by atoms with Gasteiger partial charge in [-0.2, -0.15) is 4.39 Å². The lowest BCUT2D eigenvalue weighted by Gasteiger charge is -2.14. The van der Waals surface area contributed by atoms with Crippen molar-refractivity contribution < 1.29 is 17.6 Å². The maximum absolute atomic E-state index is 13.2. The summed E-state index contributed by atoms with van der Waals surface area (Å²) >= 11 is 0.498. The van der Waals surface area contributed by atoms with Gasteiger partial charge in [-0.15, -0.1) is 0 Å². The Morgan fingerprint density at radius 2 is 1.88 bits per heavy atom. The molecule has 1 N–H and O–H groups in total. The van der Waals surface area contributed by atoms with Gasteiger partial charge >= 0.3 is 0 Å². The fraction of sp³-hybridized carbons (Fsp3) is 0.174. The minimum atomic E-state index is -3.89. The van der Waals surface area contributed by atoms with Crippen LogP contribution < -0.4 is 10.9 Å². The van der Waals surface area contributed by atoms with Crippen molar-refractivity contribution in [1.29, 1.82) is 0 Å². The molecule has 7 nitrogen and oxygen atoms in total. The predicted octanol–water partition coefficient (Wildman–Crippen LogP) is 2.78. The van der Waals surface area contributed by atoms with E-state index in [4.69, 9.17) is 0 Å². The molecule has 0 spiro atoms. The molecule has 0 saturated carbocycles. The number of hydrogen-bond donors (Lipinski definition) is 1. The Morgan fingerprint density at radius 3 is 2.58 bits per heavy atom. The number of nitrogens with one attached hydrogen (secondary N) is 1. The van der Waals surface area contributed by atoms with Crippen LogP contribution in [0.4, 0.5) is 4.39 Å². The average molecular weight is 484 g/mol. The molecule has 5 rings (SSSR count). The van der Waals surface area contributed by atoms with E-state index in [-0.39, 0.29) is 16.2 Å². The maximum Gasteiger partial charge on any atom is 0.264 e. The topological polar surface area (TPSA) is 98.1 Å². The van der Waals surface area contributed by atoms with Crippen LogP contribution in [0.25, 0.3) is 16.6 Å². The fourth-order valence-corrected chi connectivity index (χ4v) is 6.41. The minimum Gasteiger partial charge on any atom is -0.307 e. The van der Waals surface area contributed by atoms with E-state index in [2.05, 4.69) is 10.3 Å². The van der Waals surface area contributed by atoms with E-state index in [1.165, 1.54) is 6.20 Å². The molecule has 0 aliphatic carbocycles. The van der Waals surface area contributed by atoms with E-state index in [0.29, 0.717) is 41.2 Å². The van der Waals surface area contributed by atoms with E-state index in [9.17, 15) is 22.4 Å². The maximum atomic E-state index is 13.2. The molecule has 0 radical (unpaired) electrons. The second-order valence-electron chi connectivity index (χ2n) is 7.77. The second-order valence-corrected chi connectivity index (χ2v) is 11.0. The average Bonchev–Trinajstić information content (AvgIpc) is 3.44. The van der Waals surface area contributed by atoms with E-state index in [1.54, 1.807) is 22.8 Å². The highest BCUT2D eigenvalue weighted by Crippen LogP contribution is 2.25. The van der Waals surface area contributed by atoms with Crippen molar-refractivity contribution in [2.45, 2.75) is 23.7 Å². The first kappa shape index (κ1) is 21.6. The minimum absolute atomic E-state index is 0.132. The molecular formula is C23H18FN3O4S2. The van der Waals surface area contributed by atoms with Gasteiger partial charge in [-0.1, -0.05) is 35.6 Å². The zero-order valence-corrected chi connectivity index (χ0v) is 18.9. The third kappa shape index (κ3) is 4.01. The molecule has 1 aliphatic rings. The molecule has 33 heavy (non-hydrogen) atoms. The zero-order chi connectivity index (χ0) is 23.2. The van der Waals surface area contributed by atoms with E-state index in [0.717, 1.165) is 28.8 Å². The molecule has 0 atom stereocenters. The quantitative estimate of drug-likeness (QED) is 0.453. The van der Waals surface area contributed by atoms with E-state index < -0.39 is 26.5 Å². The molecule has 168 valence electrons. The summed E-state index contributed by atoms with van der Waals surface area (Å²) in [5.74, 6) is -0.798. The largest absolute Gasteiger partial charge is 0.307 e. The first-order chi connectivity index (χ1) is 15.8. The number of ketones is 1. The molecule has 0 bridgehead atoms. The Kier molecular flexibility index (Phi) is 5.43. The number of fused-ring (bicyclic) bond motifs is 3. The van der Waals surface area contributed by atoms with E-state index >= 15 is 0 Å². The van der Waals surface area contributed by atoms with Gasteiger partial charge in [0.1, 0.15) is 15.8 Å². The highest BCUT2D eigenvalue weighted by Gasteiger charge is 2.23. The van der Waals surface area contributed by atoms with Gasteiger partial charge in [-0.05, 0) is 40.8 Å². The summed E-state index contributed by atoms with van der Waals surface area (Å²) < 4.78 is 39.2. The van der Waals surface area contributed by atoms with Gasteiger partial charge in [0.15, 0.2) is 20.8 Å². The van der Waals surface area contributed by atoms with Crippen molar-refractivity contribution >= 4 is 37.7 Å². The monoisotopic (exact) mass is 483 g/mol. The molecule has 0 saturated heterocycles. The number of aromatic nitrogens is 2. The lowest BCUT2D eigenvalue weighted by molar-refractivity contribution is -0.116. The highest BCUT2D eigenvalue weighted by atomic mass is 32.2. The second kappa shape index (κ2) is 8.29. The summed E-state index contributed by atoms with van der Waals surface area (Å²) in [4.78, 5) is 29.9. The molecular weight excluding hydrogens is 465 g/mol. The van der Waals surface area contributed by atoms with Gasteiger partial charge in [0.25, 0.3) is 5.56 Å². The van der Waals surface area contributed by atoms with Crippen molar-refractivity contribution in [3.8, 4) is 5.82 Å². The zero-order valence-electron chi connectivity index (χ0n) is 17.2. The number of carbonyl (C=O) groups excluding carboxylic acids is 1. The normalized spacial score (nSPS) is 13.4. The third-order valence-corrected chi connectivity index (χ3v) is 8.68. The Balaban J connectivity index is 1.41. The van der Waals surface area contributed by atoms with Crippen LogP contribution in [0.15, 0.2) is 63.7 Å². The van der Waals surface area contributed by atoms with Crippen LogP contribution in [0.3, 0.4) is 0 Å². The standard InChI is InChI=1S/C23H18FN3O4S2/c24-20-6-8-22(32-20)33(30,31)13-15(28)9-14-5-7-21(26-10-14)27-19-12-25-11-18(19)16-3-1-2-4-17(16)23(27)29/h1-8,10,25H,9,11-13H2. The van der Waals surface area contributed by atoms with Crippen LogP contribution in [0.5, 0.6) is 0 Å². The van der Waals surface area contributed by atoms with Gasteiger partial charge in [-0.3, -0.25) is 14.2 Å². The number of benzene rings is 1. The molecule has 3 aromatic heterocycles. The van der Waals surface area contributed by atoms with Gasteiger partial charge in [0, 0.05) is 36.8 Å². The molecule has 10 heteroatoms. The van der Waals surface area contributed by atoms with Crippen LogP contribution in [0, 0.1) is 5.13 Å². The molecule has 4 aromatic rings. The lowest BCUT2D eigenvalue weighted by Crippen LogP contribution is -2.24. The van der Waals surface area contributed by atoms with Gasteiger partial charge in [0.05, 0.1) is 0 Å². The predicted molar refractivity (Wildman–Crippen MR) is 123 cm³/mol. The van der Waals surface area contributed by atoms with Crippen molar-refractivity contribution in [1.82, 2.24) is 14.9 Å². The Labute approximate surface area is 192 Å². The van der Waals surface area contributed by atoms with Gasteiger partial charge in [-0.25, -0.2) is 13.4 Å². The summed E-state index contributed by atoms with van der Waals surface area (Å²) in [5, 5.41) is 4.19. The first-order valence-corrected chi connectivity index (χ1v) is 12.6. The number of thiophene rings is 1. The van der Waals surface area contributed by atoms with Crippen molar-refractivity contribution in [2.24, 2.45) is 0 Å². The van der Waals surface area contributed by atoms with Crippen molar-refractivity contribution in [3.05, 3.63) is 87.0 Å². The number of hydrogen-bond acceptors (Lipinski definition) is 7. The highest BCUT2D eigenvalue weighted by molar-refractivity contribution is 7.94. The molecule has 0 unspecified atom stereocenters. The molecule has 4 heterocycles. The van der Waals surface area contributed by atoms with Gasteiger partial charge in [0.2, 0.25) is 0 Å². The van der Waals surface area contributed by atoms with Crippen molar-refractivity contribution in [2.75, 3.05) is 5.75 Å². The molecule has 1 aliphatic heterocycles. The lowest BCUT2D eigenvalue weighted by atomic mass is 10.1. The van der Waals surface area contributed by atoms with Crippen LogP contribution in [-0.2, 0) is 34.1 Å². The Morgan fingerprint density at radius 1 is 1.09 bits per heavy atom. The number of sulfone groups is 1. The summed E-state index contributed by atoms with van der Waals surface area (Å²) in [6.45, 7) is 1.20. The number of halogens is 1. The van der Waals surface area contributed by atoms with E-state index in [1.807, 2.05) is 18.2 Å². The van der Waals surface area contributed by atoms with Crippen LogP contribution >= 0.6 is 11.3 Å². The number of pyridine rings is 2. The van der Waals surface area contributed by atoms with Crippen molar-refractivity contribution in [3.63, 3.8) is 0 Å². The number of rotatable bonds is 6. The summed E-state index contributed by atoms with van der Waals surface area (Å²) in [6.07, 6.45) is 1.34. The first-order valence-electron chi connectivity index (χ1n) is 10.1. The van der Waals surface area contributed by atoms with Crippen LogP contribution in [0.2, 0.25) is 0 Å². The Hall–Kier alpha value is -3.21. The number of nitrogens with zero attached hydrogens (tertiary/aromatic N) is 2. The number of Topliss-reactive ketones (excluding diaryl/α,β-unsaturated/α-hetero) is 1. The van der Waals surface area contributed by atoms with Crippen LogP contribution in [-0.4, -0.2) is 29.5 Å². The van der Waals surface area contributed by atoms with Gasteiger partial charge < -0.3 is 5.32 Å². The Bertz CT molecular complexity index is 1560. The smallest absolute Gasteiger partial charge is 0.264 e. The fourth-order valence-electron chi connectivity index (χ4n) is 4.08. The molecule has 0 amide bonds. The summed E-state index contributed by atoms with van der Waals surface area (Å²) in [6, 6.07) is 13.0. The molecule has 1 aromatic carbocycles. The summed E-state index contributed by atoms with van der Waals surface area (Å²) in [7, 11) is -3.89.